The summed E-state index contributed by atoms with van der Waals surface area (Å²) in [6.45, 7) is -0.0716. The number of nitrogens with zero attached hydrogens (tertiary/aromatic N) is 2. The molecule has 4 rings (SSSR count). The van der Waals surface area contributed by atoms with Gasteiger partial charge in [-0.2, -0.15) is 0 Å². The normalized spacial score (nSPS) is 12.9. The van der Waals surface area contributed by atoms with Gasteiger partial charge in [0.1, 0.15) is 0 Å². The predicted octanol–water partition coefficient (Wildman–Crippen LogP) is 1.56. The van der Waals surface area contributed by atoms with Gasteiger partial charge in [0.25, 0.3) is 0 Å². The highest BCUT2D eigenvalue weighted by atomic mass is 16.3. The molecule has 2 aromatic heterocycles. The van der Waals surface area contributed by atoms with Gasteiger partial charge in [-0.05, 0) is 12.1 Å². The Morgan fingerprint density at radius 1 is 1.08 bits per heavy atom. The lowest BCUT2D eigenvalue weighted by Gasteiger charge is -2.12. The molecular formula is C18H13N2O4+. The summed E-state index contributed by atoms with van der Waals surface area (Å²) in [5.74, 6) is -0.521. The molecule has 6 nitrogen and oxygen atoms in total. The molecule has 1 aromatic carbocycles. The van der Waals surface area contributed by atoms with Crippen molar-refractivity contribution in [1.29, 1.82) is 0 Å². The Labute approximate surface area is 136 Å². The van der Waals surface area contributed by atoms with Gasteiger partial charge in [0.05, 0.1) is 13.3 Å². The van der Waals surface area contributed by atoms with Gasteiger partial charge in [-0.1, -0.05) is 24.3 Å². The molecule has 0 radical (unpaired) electrons. The van der Waals surface area contributed by atoms with Crippen LogP contribution < -0.4 is 4.57 Å². The third kappa shape index (κ3) is 1.96. The van der Waals surface area contributed by atoms with E-state index < -0.39 is 0 Å². The summed E-state index contributed by atoms with van der Waals surface area (Å²) in [6, 6.07) is 9.92. The molecule has 1 aliphatic carbocycles. The number of aromatic nitrogens is 2. The molecule has 1 aliphatic rings. The lowest BCUT2D eigenvalue weighted by Crippen LogP contribution is -2.36. The Morgan fingerprint density at radius 3 is 2.46 bits per heavy atom. The van der Waals surface area contributed by atoms with Gasteiger partial charge < -0.3 is 4.42 Å². The first-order valence-corrected chi connectivity index (χ1v) is 7.42. The first kappa shape index (κ1) is 14.3. The van der Waals surface area contributed by atoms with E-state index in [1.165, 1.54) is 10.8 Å². The molecule has 3 aromatic rings. The maximum Gasteiger partial charge on any atom is 0.245 e. The second kappa shape index (κ2) is 5.13. The summed E-state index contributed by atoms with van der Waals surface area (Å²) in [7, 11) is 1.69. The standard InChI is InChI=1S/C18H13N2O4/c1-19-10-20(9-13(21)14-7-4-8-24-14)16-15(19)17(22)11-5-2-3-6-12(11)18(16)23/h2-8,10H,9H2,1H3/q+1. The van der Waals surface area contributed by atoms with Crippen molar-refractivity contribution in [1.82, 2.24) is 4.57 Å². The number of imidazole rings is 1. The fourth-order valence-electron chi connectivity index (χ4n) is 3.06. The van der Waals surface area contributed by atoms with E-state index in [9.17, 15) is 14.4 Å². The third-order valence-corrected chi connectivity index (χ3v) is 4.13. The van der Waals surface area contributed by atoms with Crippen LogP contribution in [0.15, 0.2) is 53.4 Å². The van der Waals surface area contributed by atoms with Crippen LogP contribution in [0.5, 0.6) is 0 Å². The molecule has 0 saturated carbocycles. The second-order valence-corrected chi connectivity index (χ2v) is 5.66. The smallest absolute Gasteiger partial charge is 0.245 e. The number of fused-ring (bicyclic) bond motifs is 2. The Hall–Kier alpha value is -3.28. The summed E-state index contributed by atoms with van der Waals surface area (Å²) in [5, 5.41) is 0. The summed E-state index contributed by atoms with van der Waals surface area (Å²) in [4.78, 5) is 37.8. The third-order valence-electron chi connectivity index (χ3n) is 4.13. The number of furan rings is 1. The van der Waals surface area contributed by atoms with Crippen molar-refractivity contribution in [2.45, 2.75) is 6.54 Å². The number of rotatable bonds is 3. The van der Waals surface area contributed by atoms with E-state index >= 15 is 0 Å². The zero-order chi connectivity index (χ0) is 16.8. The molecule has 0 amide bonds. The minimum absolute atomic E-state index is 0.0716. The van der Waals surface area contributed by atoms with Crippen LogP contribution in [0.1, 0.15) is 42.7 Å². The molecule has 0 aliphatic heterocycles. The number of hydrogen-bond donors (Lipinski definition) is 0. The Morgan fingerprint density at radius 2 is 1.79 bits per heavy atom. The minimum Gasteiger partial charge on any atom is -0.461 e. The largest absolute Gasteiger partial charge is 0.461 e. The van der Waals surface area contributed by atoms with Crippen molar-refractivity contribution < 1.29 is 23.4 Å². The molecule has 0 fully saturated rings. The van der Waals surface area contributed by atoms with E-state index in [0.717, 1.165) is 0 Å². The minimum atomic E-state index is -0.266. The van der Waals surface area contributed by atoms with Gasteiger partial charge in [-0.25, -0.2) is 9.13 Å². The zero-order valence-electron chi connectivity index (χ0n) is 12.9. The number of aryl methyl sites for hydroxylation is 1. The Bertz CT molecular complexity index is 996. The van der Waals surface area contributed by atoms with E-state index in [0.29, 0.717) is 16.8 Å². The van der Waals surface area contributed by atoms with Crippen molar-refractivity contribution >= 4 is 17.3 Å². The van der Waals surface area contributed by atoms with E-state index in [-0.39, 0.29) is 35.3 Å². The molecule has 0 unspecified atom stereocenters. The molecule has 118 valence electrons. The summed E-state index contributed by atoms with van der Waals surface area (Å²) in [5.41, 5.74) is 1.29. The molecular weight excluding hydrogens is 308 g/mol. The van der Waals surface area contributed by atoms with E-state index in [4.69, 9.17) is 4.42 Å². The number of benzene rings is 1. The SMILES string of the molecule is C[n+]1cn(CC(=O)c2ccco2)c2c1C(=O)c1ccccc1C2=O. The number of ketones is 3. The molecule has 0 atom stereocenters. The van der Waals surface area contributed by atoms with Crippen LogP contribution in [-0.4, -0.2) is 21.9 Å². The maximum atomic E-state index is 12.8. The molecule has 0 spiro atoms. The van der Waals surface area contributed by atoms with Crippen molar-refractivity contribution in [3.8, 4) is 0 Å². The van der Waals surface area contributed by atoms with Gasteiger partial charge in [0, 0.05) is 11.1 Å². The first-order valence-electron chi connectivity index (χ1n) is 7.42. The van der Waals surface area contributed by atoms with Crippen molar-refractivity contribution in [3.63, 3.8) is 0 Å². The fraction of sp³-hybridized carbons (Fsp3) is 0.111. The molecule has 0 saturated heterocycles. The topological polar surface area (TPSA) is 73.2 Å². The van der Waals surface area contributed by atoms with Gasteiger partial charge in [-0.3, -0.25) is 14.4 Å². The van der Waals surface area contributed by atoms with E-state index in [1.54, 1.807) is 54.3 Å². The summed E-state index contributed by atoms with van der Waals surface area (Å²) in [6.07, 6.45) is 3.01. The van der Waals surface area contributed by atoms with Crippen molar-refractivity contribution in [2.24, 2.45) is 7.05 Å². The zero-order valence-corrected chi connectivity index (χ0v) is 12.9. The number of Topliss-reactive ketones (excluding diaryl/α,β-unsaturated/α-hetero) is 1. The Kier molecular flexibility index (Phi) is 3.06. The van der Waals surface area contributed by atoms with Gasteiger partial charge in [0.15, 0.2) is 12.3 Å². The highest BCUT2D eigenvalue weighted by molar-refractivity contribution is 6.26. The molecule has 2 heterocycles. The summed E-state index contributed by atoms with van der Waals surface area (Å²) >= 11 is 0. The van der Waals surface area contributed by atoms with Gasteiger partial charge in [-0.15, -0.1) is 0 Å². The number of hydrogen-bond acceptors (Lipinski definition) is 4. The van der Waals surface area contributed by atoms with Crippen molar-refractivity contribution in [2.75, 3.05) is 0 Å². The molecule has 0 N–H and O–H groups in total. The number of carbonyl (C=O) groups excluding carboxylic acids is 3. The highest BCUT2D eigenvalue weighted by Gasteiger charge is 2.40. The number of carbonyl (C=O) groups is 3. The second-order valence-electron chi connectivity index (χ2n) is 5.66. The van der Waals surface area contributed by atoms with Crippen LogP contribution in [0, 0.1) is 0 Å². The molecule has 0 bridgehead atoms. The van der Waals surface area contributed by atoms with Crippen molar-refractivity contribution in [3.05, 3.63) is 77.3 Å². The maximum absolute atomic E-state index is 12.8. The average Bonchev–Trinajstić information content (AvgIpc) is 3.21. The lowest BCUT2D eigenvalue weighted by molar-refractivity contribution is -0.672. The van der Waals surface area contributed by atoms with Crippen LogP contribution in [0.4, 0.5) is 0 Å². The fourth-order valence-corrected chi connectivity index (χ4v) is 3.06. The van der Waals surface area contributed by atoms with Crippen LogP contribution in [0.2, 0.25) is 0 Å². The van der Waals surface area contributed by atoms with Crippen LogP contribution in [-0.2, 0) is 13.6 Å². The average molecular weight is 321 g/mol. The van der Waals surface area contributed by atoms with E-state index in [2.05, 4.69) is 0 Å². The monoisotopic (exact) mass is 321 g/mol. The molecule has 6 heteroatoms. The van der Waals surface area contributed by atoms with E-state index in [1.807, 2.05) is 0 Å². The van der Waals surface area contributed by atoms with Crippen LogP contribution in [0.25, 0.3) is 0 Å². The van der Waals surface area contributed by atoms with Gasteiger partial charge >= 0.3 is 0 Å². The highest BCUT2D eigenvalue weighted by Crippen LogP contribution is 2.25. The van der Waals surface area contributed by atoms with Gasteiger partial charge in [0.2, 0.25) is 35.1 Å². The lowest BCUT2D eigenvalue weighted by atomic mass is 9.90. The van der Waals surface area contributed by atoms with Crippen LogP contribution in [0.3, 0.4) is 0 Å². The predicted molar refractivity (Wildman–Crippen MR) is 82.0 cm³/mol. The quantitative estimate of drug-likeness (QED) is 0.424. The van der Waals surface area contributed by atoms with Crippen LogP contribution >= 0.6 is 0 Å². The summed E-state index contributed by atoms with van der Waals surface area (Å²) < 4.78 is 8.20. The Balaban J connectivity index is 1.82. The molecule has 24 heavy (non-hydrogen) atoms. The first-order chi connectivity index (χ1) is 11.6.